The normalized spacial score (nSPS) is 12.0. The molecule has 184 valence electrons. The number of hydrogen-bond acceptors (Lipinski definition) is 9. The molecule has 1 rings (SSSR count). The van der Waals surface area contributed by atoms with E-state index >= 15 is 0 Å². The van der Waals surface area contributed by atoms with Crippen molar-refractivity contribution in [2.24, 2.45) is 0 Å². The average molecular weight is 530 g/mol. The molecule has 0 unspecified atom stereocenters. The van der Waals surface area contributed by atoms with Crippen molar-refractivity contribution in [1.82, 2.24) is 0 Å². The maximum absolute atomic E-state index is 12.7. The van der Waals surface area contributed by atoms with E-state index in [2.05, 4.69) is 15.9 Å². The molecule has 0 fully saturated rings. The van der Waals surface area contributed by atoms with Gasteiger partial charge in [0.2, 0.25) is 0 Å². The Morgan fingerprint density at radius 1 is 0.758 bits per heavy atom. The SMILES string of the molecule is CC(C)(C)OC(=O)c1cc(C(=O)OCCOC(=O)C(C)(C)Br)c(N)c(C(=O)OC(C)(C)C)c1. The van der Waals surface area contributed by atoms with Crippen LogP contribution >= 0.6 is 15.9 Å². The predicted molar refractivity (Wildman–Crippen MR) is 125 cm³/mol. The summed E-state index contributed by atoms with van der Waals surface area (Å²) in [5.74, 6) is -3.00. The maximum Gasteiger partial charge on any atom is 0.340 e. The van der Waals surface area contributed by atoms with E-state index in [0.29, 0.717) is 0 Å². The van der Waals surface area contributed by atoms with E-state index in [1.165, 1.54) is 12.1 Å². The van der Waals surface area contributed by atoms with Crippen molar-refractivity contribution in [3.05, 3.63) is 28.8 Å². The zero-order valence-corrected chi connectivity index (χ0v) is 21.9. The van der Waals surface area contributed by atoms with Gasteiger partial charge < -0.3 is 24.7 Å². The Bertz CT molecular complexity index is 920. The third-order valence-corrected chi connectivity index (χ3v) is 4.01. The third-order valence-electron chi connectivity index (χ3n) is 3.69. The first-order valence-corrected chi connectivity index (χ1v) is 11.0. The summed E-state index contributed by atoms with van der Waals surface area (Å²) < 4.78 is 19.9. The number of hydrogen-bond donors (Lipinski definition) is 1. The molecule has 0 saturated heterocycles. The van der Waals surface area contributed by atoms with Crippen molar-refractivity contribution in [3.8, 4) is 0 Å². The second kappa shape index (κ2) is 10.5. The highest BCUT2D eigenvalue weighted by Gasteiger charge is 2.28. The molecule has 0 saturated carbocycles. The second-order valence-electron chi connectivity index (χ2n) is 9.73. The summed E-state index contributed by atoms with van der Waals surface area (Å²) in [6.45, 7) is 12.8. The molecule has 2 N–H and O–H groups in total. The lowest BCUT2D eigenvalue weighted by Gasteiger charge is -2.22. The monoisotopic (exact) mass is 529 g/mol. The summed E-state index contributed by atoms with van der Waals surface area (Å²) in [4.78, 5) is 49.7. The molecular formula is C23H32BrNO8. The summed E-state index contributed by atoms with van der Waals surface area (Å²) in [7, 11) is 0. The number of benzene rings is 1. The van der Waals surface area contributed by atoms with Crippen LogP contribution in [0.5, 0.6) is 0 Å². The van der Waals surface area contributed by atoms with Gasteiger partial charge in [0.05, 0.1) is 22.4 Å². The molecule has 0 amide bonds. The van der Waals surface area contributed by atoms with Gasteiger partial charge in [0, 0.05) is 0 Å². The van der Waals surface area contributed by atoms with Crippen LogP contribution in [0, 0.1) is 0 Å². The molecule has 1 aromatic carbocycles. The van der Waals surface area contributed by atoms with E-state index < -0.39 is 39.4 Å². The molecule has 0 aliphatic heterocycles. The van der Waals surface area contributed by atoms with Crippen LogP contribution in [0.3, 0.4) is 0 Å². The van der Waals surface area contributed by atoms with Crippen molar-refractivity contribution in [2.45, 2.75) is 70.9 Å². The summed E-state index contributed by atoms with van der Waals surface area (Å²) in [6, 6.07) is 2.40. The summed E-state index contributed by atoms with van der Waals surface area (Å²) in [5, 5.41) is 0. The Hall–Kier alpha value is -2.62. The minimum absolute atomic E-state index is 0.0700. The zero-order chi connectivity index (χ0) is 25.8. The highest BCUT2D eigenvalue weighted by molar-refractivity contribution is 9.10. The molecule has 0 aliphatic carbocycles. The second-order valence-corrected chi connectivity index (χ2v) is 11.7. The number of anilines is 1. The number of rotatable bonds is 7. The first-order valence-electron chi connectivity index (χ1n) is 10.3. The Kier molecular flexibility index (Phi) is 9.08. The van der Waals surface area contributed by atoms with Gasteiger partial charge in [0.1, 0.15) is 28.7 Å². The van der Waals surface area contributed by atoms with Gasteiger partial charge in [0.25, 0.3) is 0 Å². The number of carbonyl (C=O) groups excluding carboxylic acids is 4. The van der Waals surface area contributed by atoms with E-state index in [-0.39, 0.29) is 35.6 Å². The lowest BCUT2D eigenvalue weighted by atomic mass is 10.0. The van der Waals surface area contributed by atoms with Gasteiger partial charge in [0.15, 0.2) is 0 Å². The molecule has 0 atom stereocenters. The fourth-order valence-electron chi connectivity index (χ4n) is 2.30. The molecule has 10 heteroatoms. The van der Waals surface area contributed by atoms with Crippen molar-refractivity contribution in [2.75, 3.05) is 18.9 Å². The topological polar surface area (TPSA) is 131 Å². The molecule has 0 heterocycles. The molecule has 9 nitrogen and oxygen atoms in total. The number of halogens is 1. The first kappa shape index (κ1) is 28.4. The number of nitrogens with two attached hydrogens (primary N) is 1. The van der Waals surface area contributed by atoms with Gasteiger partial charge in [-0.25, -0.2) is 14.4 Å². The minimum atomic E-state index is -0.906. The van der Waals surface area contributed by atoms with Crippen molar-refractivity contribution in [1.29, 1.82) is 0 Å². The quantitative estimate of drug-likeness (QED) is 0.182. The largest absolute Gasteiger partial charge is 0.461 e. The van der Waals surface area contributed by atoms with Crippen LogP contribution in [0.25, 0.3) is 0 Å². The standard InChI is InChI=1S/C23H32BrNO8/c1-21(2,3)32-17(26)13-11-14(16(25)15(12-13)19(28)33-22(4,5)6)18(27)30-9-10-31-20(29)23(7,8)24/h11-12H,9-10,25H2,1-8H3. The van der Waals surface area contributed by atoms with Crippen LogP contribution in [0.1, 0.15) is 86.5 Å². The van der Waals surface area contributed by atoms with E-state index in [1.807, 2.05) is 0 Å². The van der Waals surface area contributed by atoms with Crippen LogP contribution in [-0.4, -0.2) is 52.6 Å². The fraction of sp³-hybridized carbons (Fsp3) is 0.565. The van der Waals surface area contributed by atoms with Gasteiger partial charge >= 0.3 is 23.9 Å². The van der Waals surface area contributed by atoms with Crippen LogP contribution in [0.2, 0.25) is 0 Å². The Labute approximate surface area is 202 Å². The van der Waals surface area contributed by atoms with Crippen LogP contribution in [0.4, 0.5) is 5.69 Å². The van der Waals surface area contributed by atoms with Crippen molar-refractivity contribution < 1.29 is 38.1 Å². The minimum Gasteiger partial charge on any atom is -0.461 e. The molecule has 0 radical (unpaired) electrons. The van der Waals surface area contributed by atoms with Crippen LogP contribution in [0.15, 0.2) is 12.1 Å². The molecule has 0 aromatic heterocycles. The Morgan fingerprint density at radius 3 is 1.64 bits per heavy atom. The highest BCUT2D eigenvalue weighted by Crippen LogP contribution is 2.26. The zero-order valence-electron chi connectivity index (χ0n) is 20.3. The fourth-order valence-corrected chi connectivity index (χ4v) is 2.41. The average Bonchev–Trinajstić information content (AvgIpc) is 2.61. The number of esters is 4. The van der Waals surface area contributed by atoms with Crippen LogP contribution < -0.4 is 5.73 Å². The molecule has 0 spiro atoms. The van der Waals surface area contributed by atoms with E-state index in [0.717, 1.165) is 0 Å². The summed E-state index contributed by atoms with van der Waals surface area (Å²) in [5.41, 5.74) is 3.76. The first-order chi connectivity index (χ1) is 14.8. The predicted octanol–water partition coefficient (Wildman–Crippen LogP) is 4.05. The maximum atomic E-state index is 12.7. The smallest absolute Gasteiger partial charge is 0.340 e. The van der Waals surface area contributed by atoms with Crippen molar-refractivity contribution in [3.63, 3.8) is 0 Å². The summed E-state index contributed by atoms with van der Waals surface area (Å²) in [6.07, 6.45) is 0. The van der Waals surface area contributed by atoms with Gasteiger partial charge in [-0.1, -0.05) is 15.9 Å². The number of alkyl halides is 1. The van der Waals surface area contributed by atoms with Crippen molar-refractivity contribution >= 4 is 45.5 Å². The van der Waals surface area contributed by atoms with E-state index in [1.54, 1.807) is 55.4 Å². The Morgan fingerprint density at radius 2 is 1.18 bits per heavy atom. The molecular weight excluding hydrogens is 498 g/mol. The molecule has 1 aromatic rings. The van der Waals surface area contributed by atoms with E-state index in [9.17, 15) is 19.2 Å². The lowest BCUT2D eigenvalue weighted by Crippen LogP contribution is -2.28. The van der Waals surface area contributed by atoms with Gasteiger partial charge in [-0.05, 0) is 67.5 Å². The van der Waals surface area contributed by atoms with E-state index in [4.69, 9.17) is 24.7 Å². The number of carbonyl (C=O) groups is 4. The van der Waals surface area contributed by atoms with Gasteiger partial charge in [-0.2, -0.15) is 0 Å². The number of ether oxygens (including phenoxy) is 4. The van der Waals surface area contributed by atoms with Gasteiger partial charge in [-0.15, -0.1) is 0 Å². The molecule has 0 aliphatic rings. The lowest BCUT2D eigenvalue weighted by molar-refractivity contribution is -0.146. The highest BCUT2D eigenvalue weighted by atomic mass is 79.9. The molecule has 0 bridgehead atoms. The summed E-state index contributed by atoms with van der Waals surface area (Å²) >= 11 is 3.17. The number of nitrogen functional groups attached to an aromatic ring is 1. The van der Waals surface area contributed by atoms with Gasteiger partial charge in [-0.3, -0.25) is 4.79 Å². The van der Waals surface area contributed by atoms with Crippen LogP contribution in [-0.2, 0) is 23.7 Å². The molecule has 33 heavy (non-hydrogen) atoms. The third kappa shape index (κ3) is 9.41. The Balaban J connectivity index is 3.20.